The van der Waals surface area contributed by atoms with E-state index in [4.69, 9.17) is 16.2 Å². The summed E-state index contributed by atoms with van der Waals surface area (Å²) in [6, 6.07) is 2.87. The van der Waals surface area contributed by atoms with E-state index in [1.807, 2.05) is 6.92 Å². The van der Waals surface area contributed by atoms with Crippen LogP contribution in [0, 0.1) is 0 Å². The van der Waals surface area contributed by atoms with Crippen LogP contribution in [0.3, 0.4) is 0 Å². The van der Waals surface area contributed by atoms with Gasteiger partial charge in [-0.1, -0.05) is 6.92 Å². The molecule has 4 N–H and O–H groups in total. The van der Waals surface area contributed by atoms with Gasteiger partial charge in [0.15, 0.2) is 15.8 Å². The average Bonchev–Trinajstić information content (AvgIpc) is 2.33. The second-order valence-electron chi connectivity index (χ2n) is 5.77. The summed E-state index contributed by atoms with van der Waals surface area (Å²) in [7, 11) is -3.55. The zero-order chi connectivity index (χ0) is 16.7. The normalized spacial score (nSPS) is 18.0. The van der Waals surface area contributed by atoms with Gasteiger partial charge in [0.2, 0.25) is 0 Å². The summed E-state index contributed by atoms with van der Waals surface area (Å²) in [6.45, 7) is 5.26. The van der Waals surface area contributed by atoms with Crippen molar-refractivity contribution in [2.75, 3.05) is 5.75 Å². The molecule has 0 unspecified atom stereocenters. The Balaban J connectivity index is 2.67. The van der Waals surface area contributed by atoms with Crippen LogP contribution < -0.4 is 16.2 Å². The second kappa shape index (κ2) is 5.28. The third kappa shape index (κ3) is 3.06. The van der Waals surface area contributed by atoms with Gasteiger partial charge in [0.25, 0.3) is 5.91 Å². The molecule has 0 fully saturated rings. The van der Waals surface area contributed by atoms with Crippen molar-refractivity contribution in [1.29, 1.82) is 0 Å². The molecule has 0 aromatic heterocycles. The number of carbonyl (C=O) groups excluding carboxylic acids is 1. The molecule has 22 heavy (non-hydrogen) atoms. The number of nitrogens with two attached hydrogens (primary N) is 2. The van der Waals surface area contributed by atoms with Gasteiger partial charge in [-0.05, 0) is 38.0 Å². The van der Waals surface area contributed by atoms with Gasteiger partial charge in [-0.15, -0.1) is 0 Å². The maximum Gasteiger partial charge on any atom is 0.280 e. The fourth-order valence-corrected chi connectivity index (χ4v) is 4.29. The summed E-state index contributed by atoms with van der Waals surface area (Å²) >= 11 is 0. The van der Waals surface area contributed by atoms with E-state index in [1.54, 1.807) is 19.9 Å². The summed E-state index contributed by atoms with van der Waals surface area (Å²) in [5, 5.41) is 0. The SMILES string of the molecule is CCc1cc2c(cc1C(=O)N=C(N)N)S(=O)(=O)CC(C)(C)O2. The number of fused-ring (bicyclic) bond motifs is 1. The van der Waals surface area contributed by atoms with E-state index in [1.165, 1.54) is 6.07 Å². The number of amides is 1. The summed E-state index contributed by atoms with van der Waals surface area (Å²) in [4.78, 5) is 15.6. The molecule has 1 aliphatic rings. The Hall–Kier alpha value is -2.09. The van der Waals surface area contributed by atoms with Crippen molar-refractivity contribution in [3.63, 3.8) is 0 Å². The lowest BCUT2D eigenvalue weighted by Gasteiger charge is -2.32. The number of hydrogen-bond donors (Lipinski definition) is 2. The number of nitrogens with zero attached hydrogens (tertiary/aromatic N) is 1. The fraction of sp³-hybridized carbons (Fsp3) is 0.429. The molecule has 0 saturated carbocycles. The van der Waals surface area contributed by atoms with E-state index in [2.05, 4.69) is 4.99 Å². The van der Waals surface area contributed by atoms with Gasteiger partial charge >= 0.3 is 0 Å². The number of aliphatic imine (C=N–C) groups is 1. The second-order valence-corrected chi connectivity index (χ2v) is 7.73. The molecule has 1 aromatic rings. The van der Waals surface area contributed by atoms with Gasteiger partial charge < -0.3 is 16.2 Å². The number of sulfone groups is 1. The molecule has 8 heteroatoms. The minimum Gasteiger partial charge on any atom is -0.485 e. The Morgan fingerprint density at radius 2 is 2.00 bits per heavy atom. The topological polar surface area (TPSA) is 125 Å². The molecule has 2 rings (SSSR count). The van der Waals surface area contributed by atoms with Crippen molar-refractivity contribution in [2.45, 2.75) is 37.7 Å². The van der Waals surface area contributed by atoms with E-state index in [9.17, 15) is 13.2 Å². The van der Waals surface area contributed by atoms with Crippen molar-refractivity contribution in [3.8, 4) is 5.75 Å². The predicted molar refractivity (Wildman–Crippen MR) is 82.7 cm³/mol. The van der Waals surface area contributed by atoms with Gasteiger partial charge in [0.05, 0.1) is 5.75 Å². The first-order chi connectivity index (χ1) is 10.1. The minimum absolute atomic E-state index is 0.00170. The highest BCUT2D eigenvalue weighted by Gasteiger charge is 2.38. The Labute approximate surface area is 129 Å². The molecule has 1 aromatic carbocycles. The first-order valence-corrected chi connectivity index (χ1v) is 8.43. The Kier molecular flexibility index (Phi) is 3.90. The molecule has 1 heterocycles. The number of hydrogen-bond acceptors (Lipinski definition) is 4. The molecule has 0 radical (unpaired) electrons. The number of ether oxygens (including phenoxy) is 1. The quantitative estimate of drug-likeness (QED) is 0.606. The van der Waals surface area contributed by atoms with Gasteiger partial charge in [-0.25, -0.2) is 8.42 Å². The third-order valence-electron chi connectivity index (χ3n) is 3.27. The molecule has 0 saturated heterocycles. The van der Waals surface area contributed by atoms with Gasteiger partial charge in [-0.3, -0.25) is 4.79 Å². The highest BCUT2D eigenvalue weighted by atomic mass is 32.2. The van der Waals surface area contributed by atoms with Crippen molar-refractivity contribution in [1.82, 2.24) is 0 Å². The lowest BCUT2D eigenvalue weighted by Crippen LogP contribution is -2.41. The van der Waals surface area contributed by atoms with E-state index in [-0.39, 0.29) is 27.9 Å². The summed E-state index contributed by atoms with van der Waals surface area (Å²) < 4.78 is 30.6. The first kappa shape index (κ1) is 16.3. The summed E-state index contributed by atoms with van der Waals surface area (Å²) in [6.07, 6.45) is 0.512. The molecule has 0 bridgehead atoms. The van der Waals surface area contributed by atoms with Crippen LogP contribution in [0.5, 0.6) is 5.75 Å². The number of carbonyl (C=O) groups is 1. The molecule has 7 nitrogen and oxygen atoms in total. The van der Waals surface area contributed by atoms with E-state index < -0.39 is 21.3 Å². The Morgan fingerprint density at radius 1 is 1.36 bits per heavy atom. The van der Waals surface area contributed by atoms with Crippen LogP contribution in [-0.2, 0) is 16.3 Å². The van der Waals surface area contributed by atoms with Crippen LogP contribution in [-0.4, -0.2) is 31.6 Å². The Bertz CT molecular complexity index is 763. The Morgan fingerprint density at radius 3 is 2.55 bits per heavy atom. The zero-order valence-corrected chi connectivity index (χ0v) is 13.5. The first-order valence-electron chi connectivity index (χ1n) is 6.78. The molecular weight excluding hydrogens is 306 g/mol. The van der Waals surface area contributed by atoms with Crippen LogP contribution in [0.25, 0.3) is 0 Å². The monoisotopic (exact) mass is 325 g/mol. The van der Waals surface area contributed by atoms with Crippen molar-refractivity contribution in [3.05, 3.63) is 23.3 Å². The predicted octanol–water partition coefficient (Wildman–Crippen LogP) is 0.607. The lowest BCUT2D eigenvalue weighted by atomic mass is 10.0. The van der Waals surface area contributed by atoms with Crippen LogP contribution in [0.15, 0.2) is 22.0 Å². The number of rotatable bonds is 2. The van der Waals surface area contributed by atoms with E-state index in [0.29, 0.717) is 12.0 Å². The van der Waals surface area contributed by atoms with Crippen molar-refractivity contribution < 1.29 is 17.9 Å². The van der Waals surface area contributed by atoms with Gasteiger partial charge in [0, 0.05) is 5.56 Å². The highest BCUT2D eigenvalue weighted by Crippen LogP contribution is 2.37. The minimum atomic E-state index is -3.55. The molecule has 1 aliphatic heterocycles. The van der Waals surface area contributed by atoms with Crippen molar-refractivity contribution in [2.24, 2.45) is 16.5 Å². The highest BCUT2D eigenvalue weighted by molar-refractivity contribution is 7.91. The summed E-state index contributed by atoms with van der Waals surface area (Å²) in [5.74, 6) is -0.937. The third-order valence-corrected chi connectivity index (χ3v) is 5.33. The maximum absolute atomic E-state index is 12.4. The molecule has 0 aliphatic carbocycles. The fourth-order valence-electron chi connectivity index (χ4n) is 2.46. The zero-order valence-electron chi connectivity index (χ0n) is 12.7. The lowest BCUT2D eigenvalue weighted by molar-refractivity contribution is 0.100. The van der Waals surface area contributed by atoms with Crippen LogP contribution in [0.1, 0.15) is 36.7 Å². The standard InChI is InChI=1S/C14H19N3O4S/c1-4-8-5-10-11(6-9(8)12(18)17-13(15)16)22(19,20)7-14(2,3)21-10/h5-6H,4,7H2,1-3H3,(H4,15,16,17,18). The van der Waals surface area contributed by atoms with E-state index in [0.717, 1.165) is 0 Å². The van der Waals surface area contributed by atoms with E-state index >= 15 is 0 Å². The summed E-state index contributed by atoms with van der Waals surface area (Å²) in [5.41, 5.74) is 10.4. The molecule has 120 valence electrons. The number of aryl methyl sites for hydroxylation is 1. The number of benzene rings is 1. The average molecular weight is 325 g/mol. The molecule has 0 atom stereocenters. The molecular formula is C14H19N3O4S. The number of guanidine groups is 1. The van der Waals surface area contributed by atoms with Gasteiger partial charge in [-0.2, -0.15) is 4.99 Å². The van der Waals surface area contributed by atoms with Crippen LogP contribution in [0.4, 0.5) is 0 Å². The van der Waals surface area contributed by atoms with Crippen LogP contribution in [0.2, 0.25) is 0 Å². The largest absolute Gasteiger partial charge is 0.485 e. The van der Waals surface area contributed by atoms with Crippen LogP contribution >= 0.6 is 0 Å². The maximum atomic E-state index is 12.4. The smallest absolute Gasteiger partial charge is 0.280 e. The molecule has 0 spiro atoms. The van der Waals surface area contributed by atoms with Crippen molar-refractivity contribution >= 4 is 21.7 Å². The molecule has 1 amide bonds. The van der Waals surface area contributed by atoms with Gasteiger partial charge in [0.1, 0.15) is 16.2 Å².